The van der Waals surface area contributed by atoms with Crippen molar-refractivity contribution in [3.8, 4) is 5.75 Å². The average molecular weight is 603 g/mol. The number of likely N-dealkylation sites (tertiary alicyclic amines) is 1. The lowest BCUT2D eigenvalue weighted by atomic mass is 9.66. The Morgan fingerprint density at radius 2 is 1.88 bits per heavy atom. The Kier molecular flexibility index (Phi) is 9.42. The maximum atomic E-state index is 14.5. The Labute approximate surface area is 253 Å². The van der Waals surface area contributed by atoms with Gasteiger partial charge in [0.1, 0.15) is 11.8 Å². The molecule has 1 spiro atoms. The van der Waals surface area contributed by atoms with E-state index in [2.05, 4.69) is 22.5 Å². The van der Waals surface area contributed by atoms with Gasteiger partial charge in [0, 0.05) is 36.6 Å². The van der Waals surface area contributed by atoms with Gasteiger partial charge >= 0.3 is 0 Å². The highest BCUT2D eigenvalue weighted by atomic mass is 32.2. The smallest absolute Gasteiger partial charge is 0.244 e. The zero-order chi connectivity index (χ0) is 30.1. The van der Waals surface area contributed by atoms with Crippen molar-refractivity contribution < 1.29 is 29.0 Å². The summed E-state index contributed by atoms with van der Waals surface area (Å²) in [7, 11) is 0. The first-order valence-corrected chi connectivity index (χ1v) is 16.3. The lowest BCUT2D eigenvalue weighted by molar-refractivity contribution is -0.143. The van der Waals surface area contributed by atoms with E-state index in [-0.39, 0.29) is 30.2 Å². The molecule has 0 aliphatic carbocycles. The van der Waals surface area contributed by atoms with Crippen LogP contribution in [0.4, 0.5) is 5.69 Å². The number of nitrogens with zero attached hydrogens (tertiary/aromatic N) is 2. The molecule has 1 aromatic rings. The highest BCUT2D eigenvalue weighted by Crippen LogP contribution is 2.71. The third-order valence-corrected chi connectivity index (χ3v) is 11.8. The molecule has 2 unspecified atom stereocenters. The lowest BCUT2D eigenvalue weighted by Gasteiger charge is -2.39. The highest BCUT2D eigenvalue weighted by Gasteiger charge is 2.77. The summed E-state index contributed by atoms with van der Waals surface area (Å²) in [6.07, 6.45) is 2.17. The SMILES string of the molecule is CCOc1ccc(NC(=O)[C@H]2[C@H]3C(=O)N([C@@H](CO)[C@@H](C)CC)C(C(=O)NCCN4CCOCC4)C34CC[C@]2(C)S4)cc1. The van der Waals surface area contributed by atoms with Crippen LogP contribution in [0.15, 0.2) is 24.3 Å². The number of anilines is 1. The van der Waals surface area contributed by atoms with E-state index in [4.69, 9.17) is 9.47 Å². The molecule has 4 saturated heterocycles. The number of carbonyl (C=O) groups excluding carboxylic acids is 3. The summed E-state index contributed by atoms with van der Waals surface area (Å²) in [5.41, 5.74) is 0.640. The summed E-state index contributed by atoms with van der Waals surface area (Å²) in [5, 5.41) is 16.7. The fourth-order valence-corrected chi connectivity index (χ4v) is 9.86. The van der Waals surface area contributed by atoms with E-state index in [1.165, 1.54) is 0 Å². The maximum Gasteiger partial charge on any atom is 0.244 e. The number of aliphatic hydroxyl groups is 1. The zero-order valence-electron chi connectivity index (χ0n) is 25.3. The number of fused-ring (bicyclic) bond motifs is 1. The Morgan fingerprint density at radius 1 is 1.17 bits per heavy atom. The van der Waals surface area contributed by atoms with Crippen LogP contribution in [0.1, 0.15) is 47.0 Å². The number of benzene rings is 1. The number of hydrogen-bond acceptors (Lipinski definition) is 8. The van der Waals surface area contributed by atoms with Crippen molar-refractivity contribution >= 4 is 35.2 Å². The van der Waals surface area contributed by atoms with Crippen LogP contribution in [-0.2, 0) is 19.1 Å². The lowest BCUT2D eigenvalue weighted by Crippen LogP contribution is -2.58. The first kappa shape index (κ1) is 31.1. The number of hydrogen-bond donors (Lipinski definition) is 3. The molecular formula is C31H46N4O6S. The summed E-state index contributed by atoms with van der Waals surface area (Å²) < 4.78 is 9.77. The quantitative estimate of drug-likeness (QED) is 0.334. The maximum absolute atomic E-state index is 14.5. The van der Waals surface area contributed by atoms with Crippen LogP contribution in [0.25, 0.3) is 0 Å². The Balaban J connectivity index is 1.42. The van der Waals surface area contributed by atoms with E-state index in [9.17, 15) is 19.5 Å². The number of morpholine rings is 1. The van der Waals surface area contributed by atoms with E-state index < -0.39 is 33.4 Å². The number of rotatable bonds is 12. The summed E-state index contributed by atoms with van der Waals surface area (Å²) in [6, 6.07) is 5.99. The zero-order valence-corrected chi connectivity index (χ0v) is 26.1. The van der Waals surface area contributed by atoms with Crippen LogP contribution in [-0.4, -0.2) is 107 Å². The van der Waals surface area contributed by atoms with Gasteiger partial charge in [-0.05, 0) is 56.9 Å². The normalized spacial score (nSPS) is 32.0. The second-order valence-corrected chi connectivity index (χ2v) is 14.2. The van der Waals surface area contributed by atoms with Gasteiger partial charge in [-0.2, -0.15) is 0 Å². The van der Waals surface area contributed by atoms with Crippen LogP contribution in [0.2, 0.25) is 0 Å². The summed E-state index contributed by atoms with van der Waals surface area (Å²) in [4.78, 5) is 46.5. The minimum absolute atomic E-state index is 0.00764. The fourth-order valence-electron chi connectivity index (χ4n) is 7.52. The molecule has 11 heteroatoms. The van der Waals surface area contributed by atoms with Gasteiger partial charge in [0.15, 0.2) is 0 Å². The second kappa shape index (κ2) is 12.7. The molecule has 2 bridgehead atoms. The van der Waals surface area contributed by atoms with Crippen LogP contribution >= 0.6 is 11.8 Å². The van der Waals surface area contributed by atoms with Gasteiger partial charge in [0.05, 0.1) is 49.1 Å². The number of nitrogens with one attached hydrogen (secondary N) is 2. The van der Waals surface area contributed by atoms with Crippen molar-refractivity contribution in [2.45, 2.75) is 68.5 Å². The second-order valence-electron chi connectivity index (χ2n) is 12.3. The topological polar surface area (TPSA) is 120 Å². The van der Waals surface area contributed by atoms with Crippen molar-refractivity contribution in [3.05, 3.63) is 24.3 Å². The van der Waals surface area contributed by atoms with Crippen molar-refractivity contribution in [2.75, 3.05) is 57.9 Å². The van der Waals surface area contributed by atoms with Crippen LogP contribution in [0.3, 0.4) is 0 Å². The number of amides is 3. The van der Waals surface area contributed by atoms with Gasteiger partial charge in [0.2, 0.25) is 17.7 Å². The summed E-state index contributed by atoms with van der Waals surface area (Å²) in [6.45, 7) is 12.6. The first-order chi connectivity index (χ1) is 20.2. The molecular weight excluding hydrogens is 556 g/mol. The van der Waals surface area contributed by atoms with E-state index in [1.54, 1.807) is 28.8 Å². The number of aliphatic hydroxyl groups excluding tert-OH is 1. The average Bonchev–Trinajstić information content (AvgIpc) is 3.56. The molecule has 4 aliphatic rings. The molecule has 0 radical (unpaired) electrons. The third-order valence-electron chi connectivity index (χ3n) is 9.85. The van der Waals surface area contributed by atoms with Gasteiger partial charge in [-0.1, -0.05) is 20.3 Å². The van der Waals surface area contributed by atoms with Crippen molar-refractivity contribution in [1.29, 1.82) is 0 Å². The molecule has 42 heavy (non-hydrogen) atoms. The van der Waals surface area contributed by atoms with Crippen molar-refractivity contribution in [2.24, 2.45) is 17.8 Å². The van der Waals surface area contributed by atoms with Crippen LogP contribution in [0.5, 0.6) is 5.75 Å². The molecule has 3 N–H and O–H groups in total. The molecule has 4 fully saturated rings. The molecule has 7 atom stereocenters. The van der Waals surface area contributed by atoms with Crippen LogP contribution < -0.4 is 15.4 Å². The molecule has 0 aromatic heterocycles. The van der Waals surface area contributed by atoms with Gasteiger partial charge < -0.3 is 30.1 Å². The minimum Gasteiger partial charge on any atom is -0.494 e. The molecule has 10 nitrogen and oxygen atoms in total. The number of ether oxygens (including phenoxy) is 2. The molecule has 3 amide bonds. The van der Waals surface area contributed by atoms with E-state index in [1.807, 2.05) is 32.9 Å². The number of carbonyl (C=O) groups is 3. The van der Waals surface area contributed by atoms with Gasteiger partial charge in [-0.3, -0.25) is 19.3 Å². The fraction of sp³-hybridized carbons (Fsp3) is 0.710. The minimum atomic E-state index is -0.749. The van der Waals surface area contributed by atoms with Gasteiger partial charge in [-0.15, -0.1) is 11.8 Å². The van der Waals surface area contributed by atoms with Gasteiger partial charge in [-0.25, -0.2) is 0 Å². The van der Waals surface area contributed by atoms with Gasteiger partial charge in [0.25, 0.3) is 0 Å². The molecule has 0 saturated carbocycles. The third kappa shape index (κ3) is 5.53. The van der Waals surface area contributed by atoms with E-state index in [0.717, 1.165) is 31.7 Å². The van der Waals surface area contributed by atoms with Crippen LogP contribution in [0, 0.1) is 17.8 Å². The summed E-state index contributed by atoms with van der Waals surface area (Å²) >= 11 is 1.65. The number of thioether (sulfide) groups is 1. The Hall–Kier alpha value is -2.34. The van der Waals surface area contributed by atoms with Crippen molar-refractivity contribution in [1.82, 2.24) is 15.1 Å². The standard InChI is InChI=1S/C31H46N4O6S/c1-5-20(3)23(19-36)35-26(28(38)32-13-14-34-15-17-40-18-16-34)31-12-11-30(4,42-31)24(25(31)29(35)39)27(37)33-21-7-9-22(10-8-21)41-6-2/h7-10,20,23-26,36H,5-6,11-19H2,1-4H3,(H,32,38)(H,33,37)/t20-,23-,24+,25-,26?,30-,31?/m0/s1. The van der Waals surface area contributed by atoms with E-state index in [0.29, 0.717) is 45.0 Å². The monoisotopic (exact) mass is 602 g/mol. The molecule has 4 heterocycles. The molecule has 1 aromatic carbocycles. The predicted octanol–water partition coefficient (Wildman–Crippen LogP) is 2.36. The Bertz CT molecular complexity index is 1150. The van der Waals surface area contributed by atoms with E-state index >= 15 is 0 Å². The Morgan fingerprint density at radius 3 is 2.52 bits per heavy atom. The highest BCUT2D eigenvalue weighted by molar-refractivity contribution is 8.02. The van der Waals surface area contributed by atoms with Crippen molar-refractivity contribution in [3.63, 3.8) is 0 Å². The predicted molar refractivity (Wildman–Crippen MR) is 162 cm³/mol. The molecule has 4 aliphatic heterocycles. The molecule has 232 valence electrons. The first-order valence-electron chi connectivity index (χ1n) is 15.4. The summed E-state index contributed by atoms with van der Waals surface area (Å²) in [5.74, 6) is -1.10. The largest absolute Gasteiger partial charge is 0.494 e. The molecule has 5 rings (SSSR count).